The molecule has 1 N–H and O–H groups in total. The Hall–Kier alpha value is -2.57. The number of carbonyl (C=O) groups excluding carboxylic acids is 2. The van der Waals surface area contributed by atoms with Crippen LogP contribution >= 0.6 is 0 Å². The van der Waals surface area contributed by atoms with Gasteiger partial charge in [-0.1, -0.05) is 32.0 Å². The van der Waals surface area contributed by atoms with Crippen LogP contribution in [0.15, 0.2) is 36.5 Å². The molecule has 26 heavy (non-hydrogen) atoms. The largest absolute Gasteiger partial charge is 0.343 e. The number of fused-ring (bicyclic) bond motifs is 1. The summed E-state index contributed by atoms with van der Waals surface area (Å²) in [6, 6.07) is 8.23. The summed E-state index contributed by atoms with van der Waals surface area (Å²) >= 11 is 0. The lowest BCUT2D eigenvalue weighted by atomic mass is 10.0. The fourth-order valence-corrected chi connectivity index (χ4v) is 3.36. The van der Waals surface area contributed by atoms with Gasteiger partial charge in [0.05, 0.1) is 24.2 Å². The van der Waals surface area contributed by atoms with Crippen molar-refractivity contribution in [1.82, 2.24) is 15.2 Å². The van der Waals surface area contributed by atoms with E-state index in [0.29, 0.717) is 16.5 Å². The van der Waals surface area contributed by atoms with Crippen LogP contribution in [0, 0.1) is 5.92 Å². The average molecular weight is 361 g/mol. The molecule has 7 heteroatoms. The van der Waals surface area contributed by atoms with Gasteiger partial charge >= 0.3 is 0 Å². The molecular weight excluding hydrogens is 340 g/mol. The minimum absolute atomic E-state index is 0.0767. The zero-order valence-electron chi connectivity index (χ0n) is 14.7. The van der Waals surface area contributed by atoms with E-state index in [2.05, 4.69) is 10.3 Å². The molecule has 1 atom stereocenters. The van der Waals surface area contributed by atoms with Crippen molar-refractivity contribution in [2.45, 2.75) is 32.2 Å². The Morgan fingerprint density at radius 1 is 1.31 bits per heavy atom. The third-order valence-electron chi connectivity index (χ3n) is 4.69. The summed E-state index contributed by atoms with van der Waals surface area (Å²) in [5.74, 6) is -3.88. The van der Waals surface area contributed by atoms with Crippen LogP contribution in [0.3, 0.4) is 0 Å². The number of para-hydroxylation sites is 1. The topological polar surface area (TPSA) is 62.3 Å². The van der Waals surface area contributed by atoms with E-state index in [0.717, 1.165) is 0 Å². The van der Waals surface area contributed by atoms with Gasteiger partial charge in [-0.05, 0) is 18.1 Å². The summed E-state index contributed by atoms with van der Waals surface area (Å²) in [6.45, 7) is 2.72. The molecule has 2 heterocycles. The van der Waals surface area contributed by atoms with Crippen LogP contribution in [0.4, 0.5) is 8.78 Å². The van der Waals surface area contributed by atoms with Gasteiger partial charge in [-0.25, -0.2) is 8.78 Å². The minimum Gasteiger partial charge on any atom is -0.343 e. The fourth-order valence-electron chi connectivity index (χ4n) is 3.36. The van der Waals surface area contributed by atoms with E-state index < -0.39 is 30.3 Å². The smallest absolute Gasteiger partial charge is 0.267 e. The lowest BCUT2D eigenvalue weighted by molar-refractivity contribution is -0.132. The molecule has 1 fully saturated rings. The van der Waals surface area contributed by atoms with E-state index in [1.165, 1.54) is 11.1 Å². The summed E-state index contributed by atoms with van der Waals surface area (Å²) in [7, 11) is 0. The van der Waals surface area contributed by atoms with Crippen molar-refractivity contribution in [1.29, 1.82) is 0 Å². The van der Waals surface area contributed by atoms with Crippen LogP contribution in [-0.2, 0) is 4.79 Å². The van der Waals surface area contributed by atoms with Gasteiger partial charge < -0.3 is 10.2 Å². The molecule has 0 spiro atoms. The van der Waals surface area contributed by atoms with E-state index in [1.54, 1.807) is 24.3 Å². The second-order valence-corrected chi connectivity index (χ2v) is 6.95. The molecule has 0 aliphatic carbocycles. The predicted octanol–water partition coefficient (Wildman–Crippen LogP) is 2.86. The van der Waals surface area contributed by atoms with Crippen molar-refractivity contribution in [2.24, 2.45) is 5.92 Å². The van der Waals surface area contributed by atoms with Crippen molar-refractivity contribution >= 4 is 22.7 Å². The van der Waals surface area contributed by atoms with Gasteiger partial charge in [0.25, 0.3) is 11.8 Å². The Bertz CT molecular complexity index is 833. The van der Waals surface area contributed by atoms with Crippen molar-refractivity contribution in [3.8, 4) is 0 Å². The normalized spacial score (nSPS) is 19.1. The van der Waals surface area contributed by atoms with Gasteiger partial charge in [0.2, 0.25) is 5.91 Å². The molecule has 0 radical (unpaired) electrons. The highest BCUT2D eigenvalue weighted by atomic mass is 19.3. The first kappa shape index (κ1) is 18.2. The Morgan fingerprint density at radius 2 is 2.04 bits per heavy atom. The molecule has 1 aromatic heterocycles. The summed E-state index contributed by atoms with van der Waals surface area (Å²) in [4.78, 5) is 30.3. The van der Waals surface area contributed by atoms with Crippen molar-refractivity contribution in [3.63, 3.8) is 0 Å². The highest BCUT2D eigenvalue weighted by molar-refractivity contribution is 6.06. The number of alkyl halides is 2. The van der Waals surface area contributed by atoms with Crippen LogP contribution in [0.25, 0.3) is 10.9 Å². The Balaban J connectivity index is 1.70. The van der Waals surface area contributed by atoms with E-state index in [9.17, 15) is 18.4 Å². The Labute approximate surface area is 150 Å². The number of amides is 2. The molecule has 0 saturated carbocycles. The molecule has 1 saturated heterocycles. The number of halogens is 2. The first-order chi connectivity index (χ1) is 12.3. The SMILES string of the molecule is CC(C)C1CC(F)(F)CN1C(=O)CNC(=O)c1ccnc2ccccc12. The third-order valence-corrected chi connectivity index (χ3v) is 4.69. The number of pyridine rings is 1. The predicted molar refractivity (Wildman–Crippen MR) is 94.0 cm³/mol. The summed E-state index contributed by atoms with van der Waals surface area (Å²) in [5.41, 5.74) is 1.07. The number of hydrogen-bond donors (Lipinski definition) is 1. The maximum absolute atomic E-state index is 13.7. The van der Waals surface area contributed by atoms with Crippen molar-refractivity contribution in [2.75, 3.05) is 13.1 Å². The zero-order valence-corrected chi connectivity index (χ0v) is 14.7. The lowest BCUT2D eigenvalue weighted by Crippen LogP contribution is -2.44. The van der Waals surface area contributed by atoms with Gasteiger partial charge in [0.15, 0.2) is 0 Å². The molecular formula is C19H21F2N3O2. The molecule has 3 rings (SSSR count). The highest BCUT2D eigenvalue weighted by Gasteiger charge is 2.47. The number of nitrogens with one attached hydrogen (secondary N) is 1. The van der Waals surface area contributed by atoms with Crippen LogP contribution < -0.4 is 5.32 Å². The second kappa shape index (κ2) is 6.97. The first-order valence-electron chi connectivity index (χ1n) is 8.58. The van der Waals surface area contributed by atoms with Crippen molar-refractivity contribution < 1.29 is 18.4 Å². The number of likely N-dealkylation sites (tertiary alicyclic amines) is 1. The molecule has 0 bridgehead atoms. The molecule has 1 aliphatic heterocycles. The number of nitrogens with zero attached hydrogens (tertiary/aromatic N) is 2. The van der Waals surface area contributed by atoms with Crippen LogP contribution in [-0.4, -0.2) is 46.8 Å². The Morgan fingerprint density at radius 3 is 2.77 bits per heavy atom. The zero-order chi connectivity index (χ0) is 18.9. The van der Waals surface area contributed by atoms with E-state index in [1.807, 2.05) is 19.9 Å². The molecule has 2 amide bonds. The van der Waals surface area contributed by atoms with Gasteiger partial charge in [-0.3, -0.25) is 14.6 Å². The first-order valence-corrected chi connectivity index (χ1v) is 8.58. The van der Waals surface area contributed by atoms with E-state index >= 15 is 0 Å². The summed E-state index contributed by atoms with van der Waals surface area (Å²) < 4.78 is 27.4. The second-order valence-electron chi connectivity index (χ2n) is 6.95. The molecule has 2 aromatic rings. The quantitative estimate of drug-likeness (QED) is 0.911. The third kappa shape index (κ3) is 3.66. The fraction of sp³-hybridized carbons (Fsp3) is 0.421. The number of rotatable bonds is 4. The standard InChI is InChI=1S/C19H21F2N3O2/c1-12(2)16-9-19(20,21)11-24(16)17(25)10-23-18(26)14-7-8-22-15-6-4-3-5-13(14)15/h3-8,12,16H,9-11H2,1-2H3,(H,23,26). The molecule has 1 aliphatic rings. The minimum atomic E-state index is -2.88. The van der Waals surface area contributed by atoms with E-state index in [-0.39, 0.29) is 18.9 Å². The van der Waals surface area contributed by atoms with Gasteiger partial charge in [-0.15, -0.1) is 0 Å². The number of hydrogen-bond acceptors (Lipinski definition) is 3. The molecule has 1 aromatic carbocycles. The monoisotopic (exact) mass is 361 g/mol. The highest BCUT2D eigenvalue weighted by Crippen LogP contribution is 2.35. The summed E-state index contributed by atoms with van der Waals surface area (Å²) in [6.07, 6.45) is 1.19. The van der Waals surface area contributed by atoms with Crippen molar-refractivity contribution in [3.05, 3.63) is 42.1 Å². The van der Waals surface area contributed by atoms with Gasteiger partial charge in [0, 0.05) is 24.0 Å². The average Bonchev–Trinajstić information content (AvgIpc) is 2.95. The van der Waals surface area contributed by atoms with Gasteiger partial charge in [0.1, 0.15) is 0 Å². The van der Waals surface area contributed by atoms with E-state index in [4.69, 9.17) is 0 Å². The summed E-state index contributed by atoms with van der Waals surface area (Å²) in [5, 5.41) is 3.23. The maximum Gasteiger partial charge on any atom is 0.267 e. The Kier molecular flexibility index (Phi) is 4.89. The number of aromatic nitrogens is 1. The number of carbonyl (C=O) groups is 2. The van der Waals surface area contributed by atoms with Gasteiger partial charge in [-0.2, -0.15) is 0 Å². The maximum atomic E-state index is 13.7. The van der Waals surface area contributed by atoms with Crippen LogP contribution in [0.5, 0.6) is 0 Å². The van der Waals surface area contributed by atoms with Crippen LogP contribution in [0.1, 0.15) is 30.6 Å². The number of benzene rings is 1. The lowest BCUT2D eigenvalue weighted by Gasteiger charge is -2.26. The molecule has 5 nitrogen and oxygen atoms in total. The molecule has 138 valence electrons. The van der Waals surface area contributed by atoms with Crippen LogP contribution in [0.2, 0.25) is 0 Å². The molecule has 1 unspecified atom stereocenters.